The van der Waals surface area contributed by atoms with Gasteiger partial charge in [0.25, 0.3) is 5.69 Å². The van der Waals surface area contributed by atoms with E-state index in [0.717, 1.165) is 36.0 Å². The largest absolute Gasteiger partial charge is 0.381 e. The topological polar surface area (TPSA) is 64.4 Å². The van der Waals surface area contributed by atoms with Crippen molar-refractivity contribution in [2.45, 2.75) is 32.2 Å². The normalized spacial score (nSPS) is 22.2. The molecule has 0 aromatic heterocycles. The van der Waals surface area contributed by atoms with Crippen molar-refractivity contribution >= 4 is 21.6 Å². The molecule has 1 aliphatic heterocycles. The molecular formula is C15H21BrN2O3. The summed E-state index contributed by atoms with van der Waals surface area (Å²) >= 11 is 3.29. The highest BCUT2D eigenvalue weighted by molar-refractivity contribution is 9.10. The minimum atomic E-state index is -0.307. The molecule has 1 fully saturated rings. The maximum absolute atomic E-state index is 11.2. The monoisotopic (exact) mass is 356 g/mol. The first-order chi connectivity index (χ1) is 10.1. The standard InChI is InChI=1S/C15H21BrN2O3/c1-2-6-17-14-5-7-21-10-12(14)8-11-3-4-13(16)9-15(11)18(19)20/h3-4,9,12,14,17H,2,5-8,10H2,1H3. The Morgan fingerprint density at radius 1 is 1.52 bits per heavy atom. The summed E-state index contributed by atoms with van der Waals surface area (Å²) in [5, 5.41) is 14.7. The Bertz CT molecular complexity index is 496. The molecule has 2 rings (SSSR count). The van der Waals surface area contributed by atoms with Crippen molar-refractivity contribution in [3.63, 3.8) is 0 Å². The average molecular weight is 357 g/mol. The van der Waals surface area contributed by atoms with E-state index in [4.69, 9.17) is 4.74 Å². The van der Waals surface area contributed by atoms with Crippen molar-refractivity contribution in [1.29, 1.82) is 0 Å². The molecule has 0 aliphatic carbocycles. The van der Waals surface area contributed by atoms with Crippen LogP contribution in [-0.4, -0.2) is 30.7 Å². The second kappa shape index (κ2) is 7.87. The Labute approximate surface area is 133 Å². The molecular weight excluding hydrogens is 336 g/mol. The molecule has 6 heteroatoms. The second-order valence-corrected chi connectivity index (χ2v) is 6.33. The third-order valence-corrected chi connectivity index (χ3v) is 4.35. The fourth-order valence-corrected chi connectivity index (χ4v) is 3.11. The highest BCUT2D eigenvalue weighted by Crippen LogP contribution is 2.28. The first-order valence-corrected chi connectivity index (χ1v) is 8.15. The molecule has 1 aliphatic rings. The molecule has 0 radical (unpaired) electrons. The zero-order valence-corrected chi connectivity index (χ0v) is 13.8. The fourth-order valence-electron chi connectivity index (χ4n) is 2.76. The highest BCUT2D eigenvalue weighted by Gasteiger charge is 2.27. The number of hydrogen-bond acceptors (Lipinski definition) is 4. The van der Waals surface area contributed by atoms with Crippen LogP contribution in [0.15, 0.2) is 22.7 Å². The summed E-state index contributed by atoms with van der Waals surface area (Å²) < 4.78 is 6.30. The van der Waals surface area contributed by atoms with Gasteiger partial charge in [-0.3, -0.25) is 10.1 Å². The summed E-state index contributed by atoms with van der Waals surface area (Å²) in [5.74, 6) is 0.283. The molecule has 1 saturated heterocycles. The summed E-state index contributed by atoms with van der Waals surface area (Å²) in [6.45, 7) is 4.54. The quantitative estimate of drug-likeness (QED) is 0.627. The minimum absolute atomic E-state index is 0.184. The zero-order valence-electron chi connectivity index (χ0n) is 12.2. The summed E-state index contributed by atoms with van der Waals surface area (Å²) in [6.07, 6.45) is 2.72. The number of nitro groups is 1. The van der Waals surface area contributed by atoms with Gasteiger partial charge in [-0.2, -0.15) is 0 Å². The van der Waals surface area contributed by atoms with Gasteiger partial charge in [-0.15, -0.1) is 0 Å². The van der Waals surface area contributed by atoms with E-state index in [1.165, 1.54) is 0 Å². The number of ether oxygens (including phenoxy) is 1. The lowest BCUT2D eigenvalue weighted by Gasteiger charge is -2.32. The van der Waals surface area contributed by atoms with Gasteiger partial charge in [-0.05, 0) is 31.9 Å². The number of nitrogens with zero attached hydrogens (tertiary/aromatic N) is 1. The Morgan fingerprint density at radius 3 is 3.05 bits per heavy atom. The molecule has 5 nitrogen and oxygen atoms in total. The maximum Gasteiger partial charge on any atom is 0.273 e. The van der Waals surface area contributed by atoms with Crippen molar-refractivity contribution in [1.82, 2.24) is 5.32 Å². The number of nitro benzene ring substituents is 1. The summed E-state index contributed by atoms with van der Waals surface area (Å²) in [6, 6.07) is 5.66. The molecule has 0 saturated carbocycles. The third-order valence-electron chi connectivity index (χ3n) is 3.86. The zero-order chi connectivity index (χ0) is 15.2. The van der Waals surface area contributed by atoms with Gasteiger partial charge in [0.05, 0.1) is 11.5 Å². The molecule has 0 amide bonds. The summed E-state index contributed by atoms with van der Waals surface area (Å²) in [5.41, 5.74) is 0.964. The van der Waals surface area contributed by atoms with E-state index in [-0.39, 0.29) is 16.5 Å². The predicted octanol–water partition coefficient (Wildman–Crippen LogP) is 3.30. The van der Waals surface area contributed by atoms with E-state index in [0.29, 0.717) is 19.1 Å². The van der Waals surface area contributed by atoms with Gasteiger partial charge in [0.1, 0.15) is 0 Å². The highest BCUT2D eigenvalue weighted by atomic mass is 79.9. The van der Waals surface area contributed by atoms with Crippen molar-refractivity contribution in [3.05, 3.63) is 38.3 Å². The molecule has 1 aromatic carbocycles. The lowest BCUT2D eigenvalue weighted by atomic mass is 9.89. The van der Waals surface area contributed by atoms with Crippen molar-refractivity contribution < 1.29 is 9.66 Å². The lowest BCUT2D eigenvalue weighted by molar-refractivity contribution is -0.385. The van der Waals surface area contributed by atoms with Crippen LogP contribution in [-0.2, 0) is 11.2 Å². The molecule has 0 bridgehead atoms. The molecule has 2 atom stereocenters. The SMILES string of the molecule is CCCNC1CCOCC1Cc1ccc(Br)cc1[N+](=O)[O-]. The number of benzene rings is 1. The van der Waals surface area contributed by atoms with Crippen LogP contribution in [0.4, 0.5) is 5.69 Å². The average Bonchev–Trinajstić information content (AvgIpc) is 2.48. The van der Waals surface area contributed by atoms with Gasteiger partial charge >= 0.3 is 0 Å². The number of nitrogens with one attached hydrogen (secondary N) is 1. The van der Waals surface area contributed by atoms with E-state index in [2.05, 4.69) is 28.2 Å². The van der Waals surface area contributed by atoms with Crippen molar-refractivity contribution in [3.8, 4) is 0 Å². The molecule has 1 aromatic rings. The minimum Gasteiger partial charge on any atom is -0.381 e. The van der Waals surface area contributed by atoms with Gasteiger partial charge in [0.2, 0.25) is 0 Å². The van der Waals surface area contributed by atoms with Crippen LogP contribution in [0.3, 0.4) is 0 Å². The fraction of sp³-hybridized carbons (Fsp3) is 0.600. The Kier molecular flexibility index (Phi) is 6.14. The lowest BCUT2D eigenvalue weighted by Crippen LogP contribution is -2.44. The molecule has 1 heterocycles. The van der Waals surface area contributed by atoms with Crippen molar-refractivity contribution in [2.24, 2.45) is 5.92 Å². The van der Waals surface area contributed by atoms with Crippen LogP contribution in [0.1, 0.15) is 25.3 Å². The molecule has 21 heavy (non-hydrogen) atoms. The van der Waals surface area contributed by atoms with E-state index in [9.17, 15) is 10.1 Å². The van der Waals surface area contributed by atoms with Crippen LogP contribution in [0, 0.1) is 16.0 Å². The first-order valence-electron chi connectivity index (χ1n) is 7.35. The Morgan fingerprint density at radius 2 is 2.33 bits per heavy atom. The van der Waals surface area contributed by atoms with Gasteiger partial charge < -0.3 is 10.1 Å². The van der Waals surface area contributed by atoms with Gasteiger partial charge in [0.15, 0.2) is 0 Å². The van der Waals surface area contributed by atoms with Crippen LogP contribution < -0.4 is 5.32 Å². The molecule has 116 valence electrons. The summed E-state index contributed by atoms with van der Waals surface area (Å²) in [4.78, 5) is 10.9. The van der Waals surface area contributed by atoms with Gasteiger partial charge in [0, 0.05) is 34.7 Å². The van der Waals surface area contributed by atoms with Crippen LogP contribution in [0.2, 0.25) is 0 Å². The first kappa shape index (κ1) is 16.4. The third kappa shape index (κ3) is 4.49. The number of rotatable bonds is 6. The van der Waals surface area contributed by atoms with E-state index in [1.807, 2.05) is 12.1 Å². The Balaban J connectivity index is 2.13. The molecule has 0 spiro atoms. The summed E-state index contributed by atoms with van der Waals surface area (Å²) in [7, 11) is 0. The van der Waals surface area contributed by atoms with Crippen molar-refractivity contribution in [2.75, 3.05) is 19.8 Å². The number of hydrogen-bond donors (Lipinski definition) is 1. The van der Waals surface area contributed by atoms with Crippen LogP contribution >= 0.6 is 15.9 Å². The number of halogens is 1. The van der Waals surface area contributed by atoms with Crippen LogP contribution in [0.25, 0.3) is 0 Å². The maximum atomic E-state index is 11.2. The van der Waals surface area contributed by atoms with E-state index in [1.54, 1.807) is 6.07 Å². The van der Waals surface area contributed by atoms with E-state index < -0.39 is 0 Å². The van der Waals surface area contributed by atoms with Gasteiger partial charge in [-0.1, -0.05) is 28.9 Å². The second-order valence-electron chi connectivity index (χ2n) is 5.42. The van der Waals surface area contributed by atoms with Crippen LogP contribution in [0.5, 0.6) is 0 Å². The molecule has 2 unspecified atom stereocenters. The molecule has 1 N–H and O–H groups in total. The van der Waals surface area contributed by atoms with Gasteiger partial charge in [-0.25, -0.2) is 0 Å². The smallest absolute Gasteiger partial charge is 0.273 e. The van der Waals surface area contributed by atoms with E-state index >= 15 is 0 Å². The Hall–Kier alpha value is -0.980. The predicted molar refractivity (Wildman–Crippen MR) is 85.5 cm³/mol.